The van der Waals surface area contributed by atoms with E-state index in [1.807, 2.05) is 0 Å². The number of carboxylic acids is 1. The number of rotatable bonds is 2. The largest absolute Gasteiger partial charge is 0.478 e. The van der Waals surface area contributed by atoms with Crippen LogP contribution in [0.4, 0.5) is 5.69 Å². The van der Waals surface area contributed by atoms with Crippen molar-refractivity contribution in [1.82, 2.24) is 0 Å². The Morgan fingerprint density at radius 1 is 1.20 bits per heavy atom. The summed E-state index contributed by atoms with van der Waals surface area (Å²) in [7, 11) is 0. The van der Waals surface area contributed by atoms with Gasteiger partial charge in [0.15, 0.2) is 0 Å². The van der Waals surface area contributed by atoms with Crippen molar-refractivity contribution in [3.8, 4) is 0 Å². The minimum atomic E-state index is -1.02. The third-order valence-corrected chi connectivity index (χ3v) is 4.26. The number of aromatic carboxylic acids is 1. The summed E-state index contributed by atoms with van der Waals surface area (Å²) in [6.07, 6.45) is 2.22. The fraction of sp³-hybridized carbons (Fsp3) is 0.400. The molecule has 1 aliphatic carbocycles. The van der Waals surface area contributed by atoms with E-state index < -0.39 is 5.97 Å². The molecular formula is C15H15NO4. The van der Waals surface area contributed by atoms with Crippen molar-refractivity contribution in [3.05, 3.63) is 29.3 Å². The van der Waals surface area contributed by atoms with E-state index in [9.17, 15) is 14.4 Å². The quantitative estimate of drug-likeness (QED) is 0.836. The summed E-state index contributed by atoms with van der Waals surface area (Å²) in [5, 5.41) is 8.96. The van der Waals surface area contributed by atoms with Gasteiger partial charge in [-0.15, -0.1) is 0 Å². The molecule has 20 heavy (non-hydrogen) atoms. The molecular weight excluding hydrogens is 258 g/mol. The Morgan fingerprint density at radius 2 is 1.80 bits per heavy atom. The zero-order valence-corrected chi connectivity index (χ0v) is 11.1. The van der Waals surface area contributed by atoms with E-state index in [2.05, 4.69) is 0 Å². The molecule has 0 radical (unpaired) electrons. The Hall–Kier alpha value is -2.17. The van der Waals surface area contributed by atoms with Crippen LogP contribution in [0.2, 0.25) is 0 Å². The Kier molecular flexibility index (Phi) is 2.85. The molecule has 3 rings (SSSR count). The van der Waals surface area contributed by atoms with Gasteiger partial charge in [-0.3, -0.25) is 9.59 Å². The molecule has 0 aromatic heterocycles. The molecule has 0 spiro atoms. The number of carbonyl (C=O) groups is 3. The van der Waals surface area contributed by atoms with E-state index in [-0.39, 0.29) is 29.2 Å². The highest BCUT2D eigenvalue weighted by Crippen LogP contribution is 2.40. The molecule has 2 amide bonds. The van der Waals surface area contributed by atoms with E-state index in [1.54, 1.807) is 13.0 Å². The maximum atomic E-state index is 12.4. The molecule has 1 aromatic rings. The van der Waals surface area contributed by atoms with Crippen LogP contribution in [0.15, 0.2) is 18.2 Å². The third-order valence-electron chi connectivity index (χ3n) is 4.26. The average molecular weight is 273 g/mol. The summed E-state index contributed by atoms with van der Waals surface area (Å²) in [4.78, 5) is 36.9. The monoisotopic (exact) mass is 273 g/mol. The Bertz CT molecular complexity index is 600. The number of piperidine rings is 1. The minimum Gasteiger partial charge on any atom is -0.478 e. The van der Waals surface area contributed by atoms with Gasteiger partial charge in [-0.2, -0.15) is 0 Å². The maximum absolute atomic E-state index is 12.4. The number of hydrogen-bond donors (Lipinski definition) is 1. The van der Waals surface area contributed by atoms with E-state index in [1.165, 1.54) is 17.0 Å². The average Bonchev–Trinajstić information content (AvgIpc) is 2.85. The first-order valence-corrected chi connectivity index (χ1v) is 6.71. The van der Waals surface area contributed by atoms with Crippen LogP contribution in [0, 0.1) is 18.8 Å². The fourth-order valence-electron chi connectivity index (χ4n) is 3.18. The van der Waals surface area contributed by atoms with Crippen molar-refractivity contribution >= 4 is 23.5 Å². The van der Waals surface area contributed by atoms with Gasteiger partial charge in [0.1, 0.15) is 0 Å². The van der Waals surface area contributed by atoms with E-state index in [4.69, 9.17) is 5.11 Å². The van der Waals surface area contributed by atoms with Crippen molar-refractivity contribution in [1.29, 1.82) is 0 Å². The molecule has 2 fully saturated rings. The molecule has 2 atom stereocenters. The van der Waals surface area contributed by atoms with Crippen LogP contribution in [0.3, 0.4) is 0 Å². The van der Waals surface area contributed by atoms with Crippen LogP contribution >= 0.6 is 0 Å². The topological polar surface area (TPSA) is 74.7 Å². The van der Waals surface area contributed by atoms with Gasteiger partial charge in [-0.25, -0.2) is 9.69 Å². The van der Waals surface area contributed by atoms with Gasteiger partial charge in [-0.1, -0.05) is 0 Å². The summed E-state index contributed by atoms with van der Waals surface area (Å²) in [6.45, 7) is 1.72. The van der Waals surface area contributed by atoms with Crippen LogP contribution < -0.4 is 4.90 Å². The summed E-state index contributed by atoms with van der Waals surface area (Å²) in [5.74, 6) is -1.42. The number of imide groups is 1. The molecule has 1 saturated heterocycles. The van der Waals surface area contributed by atoms with Crippen molar-refractivity contribution in [2.45, 2.75) is 26.2 Å². The first-order chi connectivity index (χ1) is 9.49. The van der Waals surface area contributed by atoms with Crippen LogP contribution in [-0.2, 0) is 9.59 Å². The molecule has 2 unspecified atom stereocenters. The van der Waals surface area contributed by atoms with Gasteiger partial charge < -0.3 is 5.11 Å². The number of amides is 2. The number of anilines is 1. The highest BCUT2D eigenvalue weighted by Gasteiger charge is 2.46. The number of fused-ring (bicyclic) bond motifs is 2. The Labute approximate surface area is 116 Å². The highest BCUT2D eigenvalue weighted by atomic mass is 16.4. The fourth-order valence-corrected chi connectivity index (χ4v) is 3.18. The molecule has 2 bridgehead atoms. The second-order valence-corrected chi connectivity index (χ2v) is 5.53. The lowest BCUT2D eigenvalue weighted by Crippen LogP contribution is -2.46. The maximum Gasteiger partial charge on any atom is 0.335 e. The highest BCUT2D eigenvalue weighted by molar-refractivity contribution is 6.19. The van der Waals surface area contributed by atoms with Gasteiger partial charge in [0.2, 0.25) is 11.8 Å². The molecule has 1 aromatic carbocycles. The summed E-state index contributed by atoms with van der Waals surface area (Å²) in [5.41, 5.74) is 1.31. The normalized spacial score (nSPS) is 25.1. The number of benzene rings is 1. The SMILES string of the molecule is Cc1cc(C(=O)O)ccc1N1C(=O)C2CCC(C2)C1=O. The van der Waals surface area contributed by atoms with Gasteiger partial charge in [0.25, 0.3) is 0 Å². The lowest BCUT2D eigenvalue weighted by molar-refractivity contribution is -0.133. The predicted octanol–water partition coefficient (Wildman–Crippen LogP) is 1.98. The lowest BCUT2D eigenvalue weighted by Gasteiger charge is -2.30. The standard InChI is InChI=1S/C15H15NO4/c1-8-6-11(15(19)20)4-5-12(8)16-13(17)9-2-3-10(7-9)14(16)18/h4-6,9-10H,2-3,7H2,1H3,(H,19,20). The lowest BCUT2D eigenvalue weighted by atomic mass is 9.95. The van der Waals surface area contributed by atoms with Crippen molar-refractivity contribution in [3.63, 3.8) is 0 Å². The van der Waals surface area contributed by atoms with Gasteiger partial charge in [-0.05, 0) is 49.9 Å². The third kappa shape index (κ3) is 1.81. The number of aryl methyl sites for hydroxylation is 1. The zero-order chi connectivity index (χ0) is 14.4. The number of carbonyl (C=O) groups excluding carboxylic acids is 2. The molecule has 2 aliphatic rings. The first-order valence-electron chi connectivity index (χ1n) is 6.71. The van der Waals surface area contributed by atoms with Crippen LogP contribution in [0.1, 0.15) is 35.2 Å². The molecule has 1 heterocycles. The predicted molar refractivity (Wildman–Crippen MR) is 71.5 cm³/mol. The van der Waals surface area contributed by atoms with E-state index >= 15 is 0 Å². The van der Waals surface area contributed by atoms with Crippen LogP contribution in [0.25, 0.3) is 0 Å². The molecule has 5 nitrogen and oxygen atoms in total. The number of carboxylic acid groups (broad SMARTS) is 1. The second kappa shape index (κ2) is 4.44. The molecule has 104 valence electrons. The Balaban J connectivity index is 2.02. The van der Waals surface area contributed by atoms with Gasteiger partial charge in [0.05, 0.1) is 11.3 Å². The summed E-state index contributed by atoms with van der Waals surface area (Å²) in [6, 6.07) is 4.48. The van der Waals surface area contributed by atoms with E-state index in [0.29, 0.717) is 17.7 Å². The number of nitrogens with zero attached hydrogens (tertiary/aromatic N) is 1. The molecule has 1 saturated carbocycles. The second-order valence-electron chi connectivity index (χ2n) is 5.53. The van der Waals surface area contributed by atoms with Crippen LogP contribution in [0.5, 0.6) is 0 Å². The molecule has 1 N–H and O–H groups in total. The zero-order valence-electron chi connectivity index (χ0n) is 11.1. The molecule has 5 heteroatoms. The summed E-state index contributed by atoms with van der Waals surface area (Å²) < 4.78 is 0. The van der Waals surface area contributed by atoms with Crippen LogP contribution in [-0.4, -0.2) is 22.9 Å². The smallest absolute Gasteiger partial charge is 0.335 e. The Morgan fingerprint density at radius 3 is 2.30 bits per heavy atom. The minimum absolute atomic E-state index is 0.0590. The van der Waals surface area contributed by atoms with Gasteiger partial charge in [0, 0.05) is 11.8 Å². The number of hydrogen-bond acceptors (Lipinski definition) is 3. The van der Waals surface area contributed by atoms with Crippen molar-refractivity contribution < 1.29 is 19.5 Å². The first kappa shape index (κ1) is 12.8. The summed E-state index contributed by atoms with van der Waals surface area (Å²) >= 11 is 0. The van der Waals surface area contributed by atoms with Gasteiger partial charge >= 0.3 is 5.97 Å². The van der Waals surface area contributed by atoms with Crippen molar-refractivity contribution in [2.75, 3.05) is 4.90 Å². The van der Waals surface area contributed by atoms with E-state index in [0.717, 1.165) is 12.8 Å². The van der Waals surface area contributed by atoms with Crippen molar-refractivity contribution in [2.24, 2.45) is 11.8 Å². The molecule has 1 aliphatic heterocycles.